The van der Waals surface area contributed by atoms with Crippen molar-refractivity contribution in [1.29, 1.82) is 5.26 Å². The molecule has 1 nitrogen and oxygen atoms in total. The molecule has 1 heteroatoms. The standard InChI is InChI=1S/C14H15N/c1-10(2)14(9-15)13-7-11-5-3-4-6-12(11)8-13/h3-6,13-14H,1,7-8H2,2H3. The van der Waals surface area contributed by atoms with E-state index in [0.29, 0.717) is 5.92 Å². The predicted molar refractivity (Wildman–Crippen MR) is 61.3 cm³/mol. The second-order valence-corrected chi connectivity index (χ2v) is 4.39. The van der Waals surface area contributed by atoms with Gasteiger partial charge in [-0.05, 0) is 36.8 Å². The number of allylic oxidation sites excluding steroid dienone is 1. The summed E-state index contributed by atoms with van der Waals surface area (Å²) in [7, 11) is 0. The summed E-state index contributed by atoms with van der Waals surface area (Å²) in [6.45, 7) is 5.87. The van der Waals surface area contributed by atoms with E-state index in [0.717, 1.165) is 18.4 Å². The van der Waals surface area contributed by atoms with Crippen LogP contribution >= 0.6 is 0 Å². The summed E-state index contributed by atoms with van der Waals surface area (Å²) in [6.07, 6.45) is 2.06. The van der Waals surface area contributed by atoms with Crippen LogP contribution in [0, 0.1) is 23.2 Å². The molecule has 76 valence electrons. The van der Waals surface area contributed by atoms with Crippen LogP contribution in [0.5, 0.6) is 0 Å². The first-order chi connectivity index (χ1) is 7.22. The zero-order valence-electron chi connectivity index (χ0n) is 9.03. The molecule has 0 spiro atoms. The minimum Gasteiger partial charge on any atom is -0.198 e. The Morgan fingerprint density at radius 3 is 2.33 bits per heavy atom. The molecule has 0 radical (unpaired) electrons. The summed E-state index contributed by atoms with van der Waals surface area (Å²) >= 11 is 0. The van der Waals surface area contributed by atoms with Crippen molar-refractivity contribution in [2.24, 2.45) is 11.8 Å². The maximum absolute atomic E-state index is 9.13. The molecule has 0 fully saturated rings. The van der Waals surface area contributed by atoms with Gasteiger partial charge < -0.3 is 0 Å². The Labute approximate surface area is 91.0 Å². The zero-order chi connectivity index (χ0) is 10.8. The lowest BCUT2D eigenvalue weighted by atomic mass is 9.86. The predicted octanol–water partition coefficient (Wildman–Crippen LogP) is 3.12. The smallest absolute Gasteiger partial charge is 0.0703 e. The Bertz CT molecular complexity index is 400. The van der Waals surface area contributed by atoms with Crippen LogP contribution in [0.15, 0.2) is 36.4 Å². The van der Waals surface area contributed by atoms with Gasteiger partial charge in [0.2, 0.25) is 0 Å². The van der Waals surface area contributed by atoms with Gasteiger partial charge >= 0.3 is 0 Å². The maximum atomic E-state index is 9.13. The van der Waals surface area contributed by atoms with Gasteiger partial charge in [-0.1, -0.05) is 36.4 Å². The highest BCUT2D eigenvalue weighted by atomic mass is 14.4. The first-order valence-electron chi connectivity index (χ1n) is 5.34. The number of nitriles is 1. The first-order valence-corrected chi connectivity index (χ1v) is 5.34. The van der Waals surface area contributed by atoms with Crippen LogP contribution in [0.1, 0.15) is 18.1 Å². The van der Waals surface area contributed by atoms with Crippen molar-refractivity contribution < 1.29 is 0 Å². The summed E-state index contributed by atoms with van der Waals surface area (Å²) in [5.74, 6) is 0.447. The Morgan fingerprint density at radius 1 is 1.40 bits per heavy atom. The van der Waals surface area contributed by atoms with Crippen LogP contribution in [0.3, 0.4) is 0 Å². The third kappa shape index (κ3) is 1.80. The SMILES string of the molecule is C=C(C)C(C#N)C1Cc2ccccc2C1. The number of rotatable bonds is 2. The molecule has 0 aliphatic heterocycles. The Morgan fingerprint density at radius 2 is 1.93 bits per heavy atom. The Kier molecular flexibility index (Phi) is 2.60. The molecular formula is C14H15N. The Balaban J connectivity index is 2.20. The maximum Gasteiger partial charge on any atom is 0.0703 e. The third-order valence-electron chi connectivity index (χ3n) is 3.22. The molecular weight excluding hydrogens is 182 g/mol. The molecule has 1 aromatic rings. The summed E-state index contributed by atoms with van der Waals surface area (Å²) in [5.41, 5.74) is 3.81. The fourth-order valence-electron chi connectivity index (χ4n) is 2.45. The van der Waals surface area contributed by atoms with Crippen molar-refractivity contribution in [2.75, 3.05) is 0 Å². The van der Waals surface area contributed by atoms with Crippen molar-refractivity contribution in [1.82, 2.24) is 0 Å². The van der Waals surface area contributed by atoms with Crippen LogP contribution in [0.4, 0.5) is 0 Å². The van der Waals surface area contributed by atoms with Crippen LogP contribution in [-0.2, 0) is 12.8 Å². The summed E-state index contributed by atoms with van der Waals surface area (Å²) in [5, 5.41) is 9.13. The molecule has 0 heterocycles. The first kappa shape index (κ1) is 9.98. The largest absolute Gasteiger partial charge is 0.198 e. The van der Waals surface area contributed by atoms with E-state index in [4.69, 9.17) is 5.26 Å². The van der Waals surface area contributed by atoms with Crippen LogP contribution < -0.4 is 0 Å². The highest BCUT2D eigenvalue weighted by Gasteiger charge is 2.28. The normalized spacial score (nSPS) is 16.8. The van der Waals surface area contributed by atoms with Crippen molar-refractivity contribution in [3.05, 3.63) is 47.5 Å². The van der Waals surface area contributed by atoms with Crippen molar-refractivity contribution >= 4 is 0 Å². The molecule has 1 aliphatic carbocycles. The average molecular weight is 197 g/mol. The van der Waals surface area contributed by atoms with Crippen LogP contribution in [-0.4, -0.2) is 0 Å². The summed E-state index contributed by atoms with van der Waals surface area (Å²) < 4.78 is 0. The topological polar surface area (TPSA) is 23.8 Å². The van der Waals surface area contributed by atoms with Gasteiger partial charge in [-0.3, -0.25) is 0 Å². The number of benzene rings is 1. The van der Waals surface area contributed by atoms with Crippen molar-refractivity contribution in [2.45, 2.75) is 19.8 Å². The van der Waals surface area contributed by atoms with Crippen LogP contribution in [0.2, 0.25) is 0 Å². The third-order valence-corrected chi connectivity index (χ3v) is 3.22. The van der Waals surface area contributed by atoms with Gasteiger partial charge in [-0.25, -0.2) is 0 Å². The van der Waals surface area contributed by atoms with E-state index in [1.54, 1.807) is 0 Å². The van der Waals surface area contributed by atoms with E-state index in [9.17, 15) is 0 Å². The van der Waals surface area contributed by atoms with E-state index < -0.39 is 0 Å². The minimum atomic E-state index is 0.0115. The second kappa shape index (κ2) is 3.90. The highest BCUT2D eigenvalue weighted by Crippen LogP contribution is 2.33. The molecule has 1 unspecified atom stereocenters. The lowest BCUT2D eigenvalue weighted by Gasteiger charge is -2.15. The molecule has 0 saturated carbocycles. The molecule has 0 aromatic heterocycles. The van der Waals surface area contributed by atoms with Crippen molar-refractivity contribution in [3.8, 4) is 6.07 Å². The number of fused-ring (bicyclic) bond motifs is 1. The summed E-state index contributed by atoms with van der Waals surface area (Å²) in [6, 6.07) is 10.9. The Hall–Kier alpha value is -1.55. The minimum absolute atomic E-state index is 0.0115. The van der Waals surface area contributed by atoms with Gasteiger partial charge in [0, 0.05) is 0 Å². The average Bonchev–Trinajstić information content (AvgIpc) is 2.61. The van der Waals surface area contributed by atoms with Gasteiger partial charge in [0.15, 0.2) is 0 Å². The molecule has 1 aliphatic rings. The van der Waals surface area contributed by atoms with Gasteiger partial charge in [0.05, 0.1) is 12.0 Å². The van der Waals surface area contributed by atoms with E-state index >= 15 is 0 Å². The molecule has 1 aromatic carbocycles. The van der Waals surface area contributed by atoms with Crippen LogP contribution in [0.25, 0.3) is 0 Å². The lowest BCUT2D eigenvalue weighted by Crippen LogP contribution is -2.14. The highest BCUT2D eigenvalue weighted by molar-refractivity contribution is 5.33. The molecule has 1 atom stereocenters. The molecule has 0 bridgehead atoms. The van der Waals surface area contributed by atoms with Gasteiger partial charge in [-0.2, -0.15) is 5.26 Å². The van der Waals surface area contributed by atoms with E-state index in [2.05, 4.69) is 36.9 Å². The molecule has 15 heavy (non-hydrogen) atoms. The number of hydrogen-bond donors (Lipinski definition) is 0. The fourth-order valence-corrected chi connectivity index (χ4v) is 2.45. The quantitative estimate of drug-likeness (QED) is 0.668. The lowest BCUT2D eigenvalue weighted by molar-refractivity contribution is 0.471. The number of hydrogen-bond acceptors (Lipinski definition) is 1. The fraction of sp³-hybridized carbons (Fsp3) is 0.357. The van der Waals surface area contributed by atoms with E-state index in [1.807, 2.05) is 6.92 Å². The van der Waals surface area contributed by atoms with E-state index in [1.165, 1.54) is 11.1 Å². The van der Waals surface area contributed by atoms with Crippen molar-refractivity contribution in [3.63, 3.8) is 0 Å². The van der Waals surface area contributed by atoms with Gasteiger partial charge in [-0.15, -0.1) is 0 Å². The molecule has 0 amide bonds. The second-order valence-electron chi connectivity index (χ2n) is 4.39. The molecule has 0 N–H and O–H groups in total. The molecule has 0 saturated heterocycles. The van der Waals surface area contributed by atoms with E-state index in [-0.39, 0.29) is 5.92 Å². The molecule has 2 rings (SSSR count). The van der Waals surface area contributed by atoms with Gasteiger partial charge in [0.25, 0.3) is 0 Å². The zero-order valence-corrected chi connectivity index (χ0v) is 9.03. The summed E-state index contributed by atoms with van der Waals surface area (Å²) in [4.78, 5) is 0. The van der Waals surface area contributed by atoms with Gasteiger partial charge in [0.1, 0.15) is 0 Å². The number of nitrogens with zero attached hydrogens (tertiary/aromatic N) is 1. The monoisotopic (exact) mass is 197 g/mol.